The number of aromatic nitrogens is 1. The summed E-state index contributed by atoms with van der Waals surface area (Å²) < 4.78 is 4.78. The SMILES string of the molecule is C[B]c1nc(C(=O)OCC)cs1. The van der Waals surface area contributed by atoms with E-state index in [4.69, 9.17) is 4.74 Å². The van der Waals surface area contributed by atoms with Crippen molar-refractivity contribution in [1.29, 1.82) is 0 Å². The molecule has 0 N–H and O–H groups in total. The number of esters is 1. The average Bonchev–Trinajstić information content (AvgIpc) is 2.52. The molecule has 0 spiro atoms. The predicted octanol–water partition coefficient (Wildman–Crippen LogP) is 0.697. The normalized spacial score (nSPS) is 9.50. The third kappa shape index (κ3) is 2.07. The first kappa shape index (κ1) is 9.25. The number of rotatable bonds is 3. The van der Waals surface area contributed by atoms with Crippen molar-refractivity contribution in [2.75, 3.05) is 6.61 Å². The number of hydrogen-bond donors (Lipinski definition) is 0. The van der Waals surface area contributed by atoms with E-state index in [0.29, 0.717) is 12.3 Å². The van der Waals surface area contributed by atoms with Gasteiger partial charge in [-0.05, 0) is 6.92 Å². The Morgan fingerprint density at radius 1 is 1.83 bits per heavy atom. The molecule has 0 aliphatic rings. The predicted molar refractivity (Wildman–Crippen MR) is 49.3 cm³/mol. The second kappa shape index (κ2) is 4.26. The molecule has 1 radical (unpaired) electrons. The lowest BCUT2D eigenvalue weighted by Gasteiger charge is -1.95. The molecule has 0 amide bonds. The molecule has 0 atom stereocenters. The lowest BCUT2D eigenvalue weighted by atomic mass is 9.84. The van der Waals surface area contributed by atoms with Crippen LogP contribution in [0.15, 0.2) is 5.38 Å². The fraction of sp³-hybridized carbons (Fsp3) is 0.429. The zero-order chi connectivity index (χ0) is 8.97. The lowest BCUT2D eigenvalue weighted by Crippen LogP contribution is -2.12. The Morgan fingerprint density at radius 2 is 2.58 bits per heavy atom. The highest BCUT2D eigenvalue weighted by atomic mass is 32.1. The van der Waals surface area contributed by atoms with Crippen LogP contribution in [0.2, 0.25) is 6.82 Å². The smallest absolute Gasteiger partial charge is 0.357 e. The Labute approximate surface area is 76.0 Å². The molecule has 0 bridgehead atoms. The van der Waals surface area contributed by atoms with Crippen molar-refractivity contribution in [3.8, 4) is 0 Å². The molecule has 0 fully saturated rings. The van der Waals surface area contributed by atoms with Crippen LogP contribution in [-0.4, -0.2) is 24.8 Å². The van der Waals surface area contributed by atoms with Crippen LogP contribution in [-0.2, 0) is 4.74 Å². The van der Waals surface area contributed by atoms with Gasteiger partial charge in [0.05, 0.1) is 6.61 Å². The fourth-order valence-corrected chi connectivity index (χ4v) is 1.39. The van der Waals surface area contributed by atoms with Gasteiger partial charge in [-0.3, -0.25) is 0 Å². The summed E-state index contributed by atoms with van der Waals surface area (Å²) in [6, 6.07) is 0. The van der Waals surface area contributed by atoms with Gasteiger partial charge < -0.3 is 4.74 Å². The molecule has 0 aliphatic heterocycles. The molecule has 1 heterocycles. The minimum Gasteiger partial charge on any atom is -0.461 e. The van der Waals surface area contributed by atoms with E-state index in [9.17, 15) is 4.79 Å². The minimum absolute atomic E-state index is 0.346. The van der Waals surface area contributed by atoms with Gasteiger partial charge in [0.25, 0.3) is 0 Å². The molecule has 0 aromatic carbocycles. The summed E-state index contributed by atoms with van der Waals surface area (Å²) in [6.07, 6.45) is 0. The summed E-state index contributed by atoms with van der Waals surface area (Å²) in [5, 5.41) is 1.70. The third-order valence-electron chi connectivity index (χ3n) is 1.25. The Hall–Kier alpha value is -0.835. The van der Waals surface area contributed by atoms with Gasteiger partial charge >= 0.3 is 5.97 Å². The molecule has 0 saturated carbocycles. The van der Waals surface area contributed by atoms with Crippen LogP contribution in [0.25, 0.3) is 0 Å². The minimum atomic E-state index is -0.346. The Kier molecular flexibility index (Phi) is 3.28. The standard InChI is InChI=1S/C7H9BNO2S/c1-3-11-6(10)5-4-12-7(8-2)9-5/h4H,3H2,1-2H3. The van der Waals surface area contributed by atoms with Crippen molar-refractivity contribution in [2.24, 2.45) is 0 Å². The zero-order valence-electron chi connectivity index (χ0n) is 7.03. The number of carbonyl (C=O) groups excluding carboxylic acids is 1. The molecular weight excluding hydrogens is 173 g/mol. The van der Waals surface area contributed by atoms with Gasteiger partial charge in [-0.1, -0.05) is 6.82 Å². The summed E-state index contributed by atoms with van der Waals surface area (Å²) in [4.78, 5) is 16.0. The van der Waals surface area contributed by atoms with E-state index in [-0.39, 0.29) is 5.97 Å². The van der Waals surface area contributed by atoms with Crippen molar-refractivity contribution in [2.45, 2.75) is 13.7 Å². The second-order valence-electron chi connectivity index (χ2n) is 2.08. The number of nitrogens with zero attached hydrogens (tertiary/aromatic N) is 1. The van der Waals surface area contributed by atoms with Crippen LogP contribution >= 0.6 is 11.3 Å². The summed E-state index contributed by atoms with van der Waals surface area (Å²) in [5.41, 5.74) is 0.398. The molecule has 1 aromatic heterocycles. The van der Waals surface area contributed by atoms with Crippen LogP contribution in [0.1, 0.15) is 17.4 Å². The second-order valence-corrected chi connectivity index (χ2v) is 2.97. The van der Waals surface area contributed by atoms with Gasteiger partial charge in [-0.2, -0.15) is 0 Å². The van der Waals surface area contributed by atoms with Gasteiger partial charge in [-0.15, -0.1) is 11.3 Å². The molecule has 63 valence electrons. The molecule has 1 rings (SSSR count). The first-order valence-electron chi connectivity index (χ1n) is 3.70. The number of carbonyl (C=O) groups is 1. The first-order chi connectivity index (χ1) is 5.77. The molecule has 0 saturated heterocycles. The van der Waals surface area contributed by atoms with Crippen molar-refractivity contribution in [3.05, 3.63) is 11.1 Å². The van der Waals surface area contributed by atoms with Gasteiger partial charge in [0, 0.05) is 10.3 Å². The Bertz CT molecular complexity index is 274. The quantitative estimate of drug-likeness (QED) is 0.510. The van der Waals surface area contributed by atoms with Crippen molar-refractivity contribution in [3.63, 3.8) is 0 Å². The van der Waals surface area contributed by atoms with Crippen LogP contribution in [0.3, 0.4) is 0 Å². The van der Waals surface area contributed by atoms with Crippen molar-refractivity contribution >= 4 is 29.5 Å². The van der Waals surface area contributed by atoms with Gasteiger partial charge in [0.2, 0.25) is 0 Å². The molecule has 0 unspecified atom stereocenters. The van der Waals surface area contributed by atoms with Crippen LogP contribution < -0.4 is 4.91 Å². The highest BCUT2D eigenvalue weighted by Crippen LogP contribution is 2.00. The third-order valence-corrected chi connectivity index (χ3v) is 2.16. The van der Waals surface area contributed by atoms with E-state index in [1.165, 1.54) is 11.3 Å². The van der Waals surface area contributed by atoms with Crippen LogP contribution in [0.4, 0.5) is 0 Å². The number of hydrogen-bond acceptors (Lipinski definition) is 4. The maximum absolute atomic E-state index is 11.1. The molecule has 1 aromatic rings. The van der Waals surface area contributed by atoms with Gasteiger partial charge in [0.15, 0.2) is 13.0 Å². The Balaban J connectivity index is 2.68. The number of thiazole rings is 1. The molecular formula is C7H9BNO2S. The van der Waals surface area contributed by atoms with Crippen LogP contribution in [0, 0.1) is 0 Å². The van der Waals surface area contributed by atoms with Crippen molar-refractivity contribution in [1.82, 2.24) is 4.98 Å². The van der Waals surface area contributed by atoms with Crippen molar-refractivity contribution < 1.29 is 9.53 Å². The lowest BCUT2D eigenvalue weighted by molar-refractivity contribution is 0.0520. The maximum Gasteiger partial charge on any atom is 0.357 e. The maximum atomic E-state index is 11.1. The van der Waals surface area contributed by atoms with Gasteiger partial charge in [-0.25, -0.2) is 9.78 Å². The van der Waals surface area contributed by atoms with E-state index in [2.05, 4.69) is 4.98 Å². The average molecular weight is 182 g/mol. The summed E-state index contributed by atoms with van der Waals surface area (Å²) in [7, 11) is 1.85. The molecule has 12 heavy (non-hydrogen) atoms. The summed E-state index contributed by atoms with van der Waals surface area (Å²) in [6.45, 7) is 4.05. The summed E-state index contributed by atoms with van der Waals surface area (Å²) in [5.74, 6) is -0.346. The topological polar surface area (TPSA) is 39.2 Å². The van der Waals surface area contributed by atoms with Crippen LogP contribution in [0.5, 0.6) is 0 Å². The van der Waals surface area contributed by atoms with Gasteiger partial charge in [0.1, 0.15) is 0 Å². The molecule has 5 heteroatoms. The highest BCUT2D eigenvalue weighted by Gasteiger charge is 2.09. The largest absolute Gasteiger partial charge is 0.461 e. The van der Waals surface area contributed by atoms with E-state index in [1.807, 2.05) is 14.1 Å². The zero-order valence-corrected chi connectivity index (χ0v) is 7.85. The van der Waals surface area contributed by atoms with E-state index in [0.717, 1.165) is 4.91 Å². The first-order valence-corrected chi connectivity index (χ1v) is 4.58. The van der Waals surface area contributed by atoms with E-state index >= 15 is 0 Å². The highest BCUT2D eigenvalue weighted by molar-refractivity contribution is 7.19. The van der Waals surface area contributed by atoms with E-state index < -0.39 is 0 Å². The fourth-order valence-electron chi connectivity index (χ4n) is 0.719. The van der Waals surface area contributed by atoms with E-state index in [1.54, 1.807) is 12.3 Å². The number of ether oxygens (including phenoxy) is 1. The molecule has 0 aliphatic carbocycles. The molecule has 3 nitrogen and oxygen atoms in total. The Morgan fingerprint density at radius 3 is 3.08 bits per heavy atom. The summed E-state index contributed by atoms with van der Waals surface area (Å²) >= 11 is 1.44. The monoisotopic (exact) mass is 182 g/mol.